The highest BCUT2D eigenvalue weighted by Gasteiger charge is 2.17. The number of hydrogen-bond acceptors (Lipinski definition) is 2. The average Bonchev–Trinajstić information content (AvgIpc) is 2.65. The summed E-state index contributed by atoms with van der Waals surface area (Å²) in [6, 6.07) is 6.23. The number of halogens is 1. The molecule has 0 radical (unpaired) electrons. The number of benzene rings is 1. The fourth-order valence-corrected chi connectivity index (χ4v) is 3.39. The molecule has 0 saturated carbocycles. The summed E-state index contributed by atoms with van der Waals surface area (Å²) in [6.45, 7) is 10.2. The molecule has 21 heavy (non-hydrogen) atoms. The number of nitrogens with zero attached hydrogens (tertiary/aromatic N) is 3. The molecule has 3 nitrogen and oxygen atoms in total. The summed E-state index contributed by atoms with van der Waals surface area (Å²) in [6.07, 6.45) is 0. The third kappa shape index (κ3) is 2.22. The van der Waals surface area contributed by atoms with E-state index in [0.717, 1.165) is 28.1 Å². The highest BCUT2D eigenvalue weighted by molar-refractivity contribution is 6.35. The first-order valence-electron chi connectivity index (χ1n) is 6.99. The van der Waals surface area contributed by atoms with Gasteiger partial charge in [-0.15, -0.1) is 0 Å². The zero-order chi connectivity index (χ0) is 15.3. The van der Waals surface area contributed by atoms with Gasteiger partial charge < -0.3 is 0 Å². The molecule has 0 spiro atoms. The zero-order valence-corrected chi connectivity index (χ0v) is 13.7. The minimum atomic E-state index is 0.712. The van der Waals surface area contributed by atoms with E-state index in [1.165, 1.54) is 16.7 Å². The molecular formula is C17H18ClN3. The molecule has 4 heteroatoms. The van der Waals surface area contributed by atoms with Crippen molar-refractivity contribution in [1.82, 2.24) is 14.8 Å². The third-order valence-electron chi connectivity index (χ3n) is 3.74. The molecule has 108 valence electrons. The van der Waals surface area contributed by atoms with E-state index in [9.17, 15) is 0 Å². The van der Waals surface area contributed by atoms with Gasteiger partial charge in [0.05, 0.1) is 21.8 Å². The van der Waals surface area contributed by atoms with Crippen molar-refractivity contribution < 1.29 is 0 Å². The van der Waals surface area contributed by atoms with E-state index in [1.807, 2.05) is 24.6 Å². The summed E-state index contributed by atoms with van der Waals surface area (Å²) in [5, 5.41) is 6.33. The average molecular weight is 300 g/mol. The van der Waals surface area contributed by atoms with Crippen LogP contribution in [0, 0.1) is 34.6 Å². The highest BCUT2D eigenvalue weighted by Crippen LogP contribution is 2.30. The van der Waals surface area contributed by atoms with Gasteiger partial charge in [0.1, 0.15) is 0 Å². The van der Waals surface area contributed by atoms with Crippen LogP contribution in [0.3, 0.4) is 0 Å². The van der Waals surface area contributed by atoms with E-state index in [2.05, 4.69) is 43.0 Å². The molecule has 0 aliphatic heterocycles. The smallest absolute Gasteiger partial charge is 0.164 e. The van der Waals surface area contributed by atoms with Crippen LogP contribution in [0.1, 0.15) is 28.1 Å². The Labute approximate surface area is 129 Å². The Balaban J connectivity index is 2.42. The van der Waals surface area contributed by atoms with Gasteiger partial charge in [-0.05, 0) is 51.8 Å². The summed E-state index contributed by atoms with van der Waals surface area (Å²) in [5.74, 6) is 0. The number of pyridine rings is 1. The zero-order valence-electron chi connectivity index (χ0n) is 13.0. The highest BCUT2D eigenvalue weighted by atomic mass is 35.5. The van der Waals surface area contributed by atoms with Crippen LogP contribution in [0.5, 0.6) is 0 Å². The Hall–Kier alpha value is -1.87. The SMILES string of the molecule is Cc1cc(C)c(-n2nc(C)c3c(Cl)cc(C)nc32)c(C)c1. The number of rotatable bonds is 1. The Morgan fingerprint density at radius 2 is 1.57 bits per heavy atom. The summed E-state index contributed by atoms with van der Waals surface area (Å²) in [4.78, 5) is 4.65. The molecule has 0 amide bonds. The Bertz CT molecular complexity index is 839. The van der Waals surface area contributed by atoms with Crippen molar-refractivity contribution in [2.75, 3.05) is 0 Å². The van der Waals surface area contributed by atoms with Gasteiger partial charge >= 0.3 is 0 Å². The second-order valence-corrected chi connectivity index (χ2v) is 6.10. The summed E-state index contributed by atoms with van der Waals surface area (Å²) in [7, 11) is 0. The summed E-state index contributed by atoms with van der Waals surface area (Å²) in [5.41, 5.74) is 7.36. The fraction of sp³-hybridized carbons (Fsp3) is 0.294. The monoisotopic (exact) mass is 299 g/mol. The molecule has 3 rings (SSSR count). The van der Waals surface area contributed by atoms with E-state index in [1.54, 1.807) is 0 Å². The van der Waals surface area contributed by atoms with Crippen molar-refractivity contribution in [3.05, 3.63) is 51.3 Å². The standard InChI is InChI=1S/C17H18ClN3/c1-9-6-10(2)16(11(3)7-9)21-17-15(13(5)20-21)14(18)8-12(4)19-17/h6-8H,1-5H3. The molecule has 0 unspecified atom stereocenters. The topological polar surface area (TPSA) is 30.7 Å². The predicted octanol–water partition coefficient (Wildman–Crippen LogP) is 4.62. The first-order valence-corrected chi connectivity index (χ1v) is 7.37. The van der Waals surface area contributed by atoms with E-state index < -0.39 is 0 Å². The number of hydrogen-bond donors (Lipinski definition) is 0. The van der Waals surface area contributed by atoms with Gasteiger partial charge in [-0.3, -0.25) is 0 Å². The van der Waals surface area contributed by atoms with Crippen LogP contribution in [-0.2, 0) is 0 Å². The number of aryl methyl sites for hydroxylation is 5. The minimum Gasteiger partial charge on any atom is -0.233 e. The van der Waals surface area contributed by atoms with Gasteiger partial charge in [-0.25, -0.2) is 9.67 Å². The quantitative estimate of drug-likeness (QED) is 0.656. The molecule has 1 aromatic carbocycles. The molecule has 0 saturated heterocycles. The van der Waals surface area contributed by atoms with Gasteiger partial charge in [0.25, 0.3) is 0 Å². The lowest BCUT2D eigenvalue weighted by atomic mass is 10.1. The van der Waals surface area contributed by atoms with Crippen LogP contribution in [0.4, 0.5) is 0 Å². The fourth-order valence-electron chi connectivity index (χ4n) is 3.02. The van der Waals surface area contributed by atoms with Crippen molar-refractivity contribution in [1.29, 1.82) is 0 Å². The molecule has 0 aliphatic rings. The Kier molecular flexibility index (Phi) is 3.25. The maximum absolute atomic E-state index is 6.38. The maximum Gasteiger partial charge on any atom is 0.164 e. The van der Waals surface area contributed by atoms with Crippen LogP contribution in [-0.4, -0.2) is 14.8 Å². The van der Waals surface area contributed by atoms with Crippen LogP contribution < -0.4 is 0 Å². The van der Waals surface area contributed by atoms with Gasteiger partial charge in [0.15, 0.2) is 5.65 Å². The maximum atomic E-state index is 6.38. The van der Waals surface area contributed by atoms with Crippen LogP contribution in [0.2, 0.25) is 5.02 Å². The van der Waals surface area contributed by atoms with E-state index in [4.69, 9.17) is 11.6 Å². The molecular weight excluding hydrogens is 282 g/mol. The van der Waals surface area contributed by atoms with Gasteiger partial charge in [0.2, 0.25) is 0 Å². The molecule has 2 aromatic heterocycles. The van der Waals surface area contributed by atoms with Gasteiger partial charge in [0, 0.05) is 5.69 Å². The predicted molar refractivity (Wildman–Crippen MR) is 87.6 cm³/mol. The minimum absolute atomic E-state index is 0.712. The van der Waals surface area contributed by atoms with E-state index in [0.29, 0.717) is 5.02 Å². The lowest BCUT2D eigenvalue weighted by Gasteiger charge is -2.12. The first-order chi connectivity index (χ1) is 9.88. The first kappa shape index (κ1) is 14.1. The van der Waals surface area contributed by atoms with Crippen molar-refractivity contribution in [3.8, 4) is 5.69 Å². The van der Waals surface area contributed by atoms with Crippen LogP contribution in [0.15, 0.2) is 18.2 Å². The van der Waals surface area contributed by atoms with Crippen molar-refractivity contribution in [2.24, 2.45) is 0 Å². The molecule has 0 aliphatic carbocycles. The molecule has 3 aromatic rings. The van der Waals surface area contributed by atoms with Gasteiger partial charge in [-0.1, -0.05) is 29.3 Å². The largest absolute Gasteiger partial charge is 0.233 e. The van der Waals surface area contributed by atoms with Crippen molar-refractivity contribution in [2.45, 2.75) is 34.6 Å². The van der Waals surface area contributed by atoms with Gasteiger partial charge in [-0.2, -0.15) is 5.10 Å². The van der Waals surface area contributed by atoms with Crippen molar-refractivity contribution >= 4 is 22.6 Å². The lowest BCUT2D eigenvalue weighted by Crippen LogP contribution is -2.04. The number of aromatic nitrogens is 3. The second-order valence-electron chi connectivity index (χ2n) is 5.69. The van der Waals surface area contributed by atoms with E-state index >= 15 is 0 Å². The van der Waals surface area contributed by atoms with E-state index in [-0.39, 0.29) is 0 Å². The molecule has 2 heterocycles. The normalized spacial score (nSPS) is 11.3. The molecule has 0 atom stereocenters. The lowest BCUT2D eigenvalue weighted by molar-refractivity contribution is 0.860. The van der Waals surface area contributed by atoms with Crippen molar-refractivity contribution in [3.63, 3.8) is 0 Å². The molecule has 0 bridgehead atoms. The Morgan fingerprint density at radius 3 is 2.19 bits per heavy atom. The Morgan fingerprint density at radius 1 is 0.952 bits per heavy atom. The van der Waals surface area contributed by atoms with Crippen LogP contribution >= 0.6 is 11.6 Å². The second kappa shape index (κ2) is 4.85. The number of fused-ring (bicyclic) bond motifs is 1. The van der Waals surface area contributed by atoms with Crippen LogP contribution in [0.25, 0.3) is 16.7 Å². The molecule has 0 N–H and O–H groups in total. The molecule has 0 fully saturated rings. The third-order valence-corrected chi connectivity index (χ3v) is 4.04. The summed E-state index contributed by atoms with van der Waals surface area (Å²) >= 11 is 6.38. The summed E-state index contributed by atoms with van der Waals surface area (Å²) < 4.78 is 1.92.